The van der Waals surface area contributed by atoms with Crippen molar-refractivity contribution in [3.05, 3.63) is 0 Å². The quantitative estimate of drug-likeness (QED) is 0.840. The van der Waals surface area contributed by atoms with Crippen molar-refractivity contribution in [2.75, 3.05) is 13.1 Å². The molecular formula is C17H33N3O2. The van der Waals surface area contributed by atoms with E-state index in [1.54, 1.807) is 0 Å². The molecule has 3 N–H and O–H groups in total. The number of carbonyl (C=O) groups is 1. The third kappa shape index (κ3) is 5.13. The number of rotatable bonds is 3. The maximum Gasteiger partial charge on any atom is 0.410 e. The molecule has 0 aromatic heterocycles. The first kappa shape index (κ1) is 17.5. The molecule has 2 fully saturated rings. The van der Waals surface area contributed by atoms with Gasteiger partial charge in [0.1, 0.15) is 5.60 Å². The van der Waals surface area contributed by atoms with Crippen LogP contribution in [-0.4, -0.2) is 47.8 Å². The Morgan fingerprint density at radius 3 is 2.64 bits per heavy atom. The molecule has 2 rings (SSSR count). The molecule has 1 amide bonds. The molecular weight excluding hydrogens is 278 g/mol. The minimum atomic E-state index is -0.423. The Labute approximate surface area is 134 Å². The van der Waals surface area contributed by atoms with E-state index in [1.807, 2.05) is 25.7 Å². The summed E-state index contributed by atoms with van der Waals surface area (Å²) in [4.78, 5) is 14.1. The van der Waals surface area contributed by atoms with Gasteiger partial charge in [-0.15, -0.1) is 0 Å². The van der Waals surface area contributed by atoms with E-state index < -0.39 is 5.60 Å². The van der Waals surface area contributed by atoms with Crippen LogP contribution in [0.2, 0.25) is 0 Å². The van der Waals surface area contributed by atoms with Crippen LogP contribution in [0.5, 0.6) is 0 Å². The monoisotopic (exact) mass is 311 g/mol. The van der Waals surface area contributed by atoms with Crippen LogP contribution in [0, 0.1) is 5.92 Å². The molecule has 1 saturated carbocycles. The van der Waals surface area contributed by atoms with Gasteiger partial charge in [0.25, 0.3) is 0 Å². The van der Waals surface area contributed by atoms with Crippen molar-refractivity contribution in [1.29, 1.82) is 0 Å². The van der Waals surface area contributed by atoms with Crippen LogP contribution in [0.25, 0.3) is 0 Å². The highest BCUT2D eigenvalue weighted by atomic mass is 16.6. The summed E-state index contributed by atoms with van der Waals surface area (Å²) in [5.74, 6) is 0.498. The first-order valence-corrected chi connectivity index (χ1v) is 8.74. The van der Waals surface area contributed by atoms with E-state index in [9.17, 15) is 4.79 Å². The van der Waals surface area contributed by atoms with Gasteiger partial charge in [-0.25, -0.2) is 4.79 Å². The molecule has 128 valence electrons. The molecule has 4 unspecified atom stereocenters. The SMILES string of the molecule is CC(NC1CCC(N)C1)C1CCCN(C(=O)OC(C)(C)C)C1. The predicted molar refractivity (Wildman–Crippen MR) is 88.7 cm³/mol. The van der Waals surface area contributed by atoms with Crippen molar-refractivity contribution in [3.63, 3.8) is 0 Å². The number of nitrogens with one attached hydrogen (secondary N) is 1. The minimum Gasteiger partial charge on any atom is -0.444 e. The summed E-state index contributed by atoms with van der Waals surface area (Å²) < 4.78 is 5.50. The van der Waals surface area contributed by atoms with E-state index in [4.69, 9.17) is 10.5 Å². The van der Waals surface area contributed by atoms with Crippen LogP contribution in [0.4, 0.5) is 4.79 Å². The lowest BCUT2D eigenvalue weighted by atomic mass is 9.91. The molecule has 1 aliphatic carbocycles. The van der Waals surface area contributed by atoms with E-state index in [2.05, 4.69) is 12.2 Å². The first-order valence-electron chi connectivity index (χ1n) is 8.74. The lowest BCUT2D eigenvalue weighted by Gasteiger charge is -2.37. The standard InChI is InChI=1S/C17H33N3O2/c1-12(19-15-8-7-14(18)10-15)13-6-5-9-20(11-13)16(21)22-17(2,3)4/h12-15,19H,5-11,18H2,1-4H3. The van der Waals surface area contributed by atoms with Crippen LogP contribution >= 0.6 is 0 Å². The number of likely N-dealkylation sites (tertiary alicyclic amines) is 1. The summed E-state index contributed by atoms with van der Waals surface area (Å²) in [5, 5.41) is 3.73. The average Bonchev–Trinajstić information content (AvgIpc) is 2.82. The highest BCUT2D eigenvalue weighted by Crippen LogP contribution is 2.24. The Kier molecular flexibility index (Phi) is 5.72. The van der Waals surface area contributed by atoms with Gasteiger partial charge in [0.05, 0.1) is 0 Å². The van der Waals surface area contributed by atoms with E-state index >= 15 is 0 Å². The third-order valence-corrected chi connectivity index (χ3v) is 4.79. The van der Waals surface area contributed by atoms with Gasteiger partial charge in [-0.05, 0) is 65.7 Å². The minimum absolute atomic E-state index is 0.174. The number of nitrogens with two attached hydrogens (primary N) is 1. The van der Waals surface area contributed by atoms with Crippen molar-refractivity contribution in [1.82, 2.24) is 10.2 Å². The molecule has 2 aliphatic rings. The Balaban J connectivity index is 1.83. The Bertz CT molecular complexity index is 381. The van der Waals surface area contributed by atoms with Gasteiger partial charge in [0.2, 0.25) is 0 Å². The normalized spacial score (nSPS) is 31.1. The summed E-state index contributed by atoms with van der Waals surface area (Å²) in [6.45, 7) is 9.60. The fourth-order valence-electron chi connectivity index (χ4n) is 3.59. The molecule has 4 atom stereocenters. The van der Waals surface area contributed by atoms with E-state index in [0.29, 0.717) is 24.0 Å². The fourth-order valence-corrected chi connectivity index (χ4v) is 3.59. The van der Waals surface area contributed by atoms with Gasteiger partial charge < -0.3 is 20.7 Å². The summed E-state index contributed by atoms with van der Waals surface area (Å²) in [6.07, 6.45) is 5.43. The van der Waals surface area contributed by atoms with Crippen molar-refractivity contribution < 1.29 is 9.53 Å². The first-order chi connectivity index (χ1) is 10.2. The molecule has 5 nitrogen and oxygen atoms in total. The number of amides is 1. The largest absolute Gasteiger partial charge is 0.444 e. The number of hydrogen-bond acceptors (Lipinski definition) is 4. The van der Waals surface area contributed by atoms with Gasteiger partial charge in [-0.1, -0.05) is 0 Å². The molecule has 0 aromatic carbocycles. The number of piperidine rings is 1. The van der Waals surface area contributed by atoms with E-state index in [0.717, 1.165) is 32.4 Å². The second kappa shape index (κ2) is 7.18. The topological polar surface area (TPSA) is 67.6 Å². The van der Waals surface area contributed by atoms with Crippen LogP contribution in [0.15, 0.2) is 0 Å². The Hall–Kier alpha value is -0.810. The van der Waals surface area contributed by atoms with Crippen molar-refractivity contribution in [2.24, 2.45) is 11.7 Å². The number of carbonyl (C=O) groups excluding carboxylic acids is 1. The van der Waals surface area contributed by atoms with Crippen LogP contribution < -0.4 is 11.1 Å². The zero-order chi connectivity index (χ0) is 16.3. The second-order valence-electron chi connectivity index (χ2n) is 8.05. The van der Waals surface area contributed by atoms with Crippen molar-refractivity contribution in [3.8, 4) is 0 Å². The van der Waals surface area contributed by atoms with Crippen LogP contribution in [-0.2, 0) is 4.74 Å². The Morgan fingerprint density at radius 2 is 2.05 bits per heavy atom. The smallest absolute Gasteiger partial charge is 0.410 e. The predicted octanol–water partition coefficient (Wildman–Crippen LogP) is 2.49. The number of nitrogens with zero attached hydrogens (tertiary/aromatic N) is 1. The highest BCUT2D eigenvalue weighted by Gasteiger charge is 2.32. The van der Waals surface area contributed by atoms with Gasteiger partial charge in [0, 0.05) is 31.2 Å². The summed E-state index contributed by atoms with van der Waals surface area (Å²) in [5.41, 5.74) is 5.57. The molecule has 1 heterocycles. The van der Waals surface area contributed by atoms with Crippen molar-refractivity contribution in [2.45, 2.75) is 83.5 Å². The van der Waals surface area contributed by atoms with E-state index in [-0.39, 0.29) is 6.09 Å². The molecule has 0 aromatic rings. The highest BCUT2D eigenvalue weighted by molar-refractivity contribution is 5.68. The number of hydrogen-bond donors (Lipinski definition) is 2. The maximum atomic E-state index is 12.2. The second-order valence-corrected chi connectivity index (χ2v) is 8.05. The average molecular weight is 311 g/mol. The third-order valence-electron chi connectivity index (χ3n) is 4.79. The van der Waals surface area contributed by atoms with Crippen molar-refractivity contribution >= 4 is 6.09 Å². The molecule has 0 spiro atoms. The summed E-state index contributed by atoms with van der Waals surface area (Å²) >= 11 is 0. The van der Waals surface area contributed by atoms with Gasteiger partial charge in [-0.2, -0.15) is 0 Å². The van der Waals surface area contributed by atoms with Crippen LogP contribution in [0.3, 0.4) is 0 Å². The fraction of sp³-hybridized carbons (Fsp3) is 0.941. The van der Waals surface area contributed by atoms with Crippen LogP contribution in [0.1, 0.15) is 59.8 Å². The summed E-state index contributed by atoms with van der Waals surface area (Å²) in [6, 6.07) is 1.32. The molecule has 0 bridgehead atoms. The Morgan fingerprint density at radius 1 is 1.32 bits per heavy atom. The molecule has 22 heavy (non-hydrogen) atoms. The lowest BCUT2D eigenvalue weighted by molar-refractivity contribution is 0.0146. The lowest BCUT2D eigenvalue weighted by Crippen LogP contribution is -2.49. The number of ether oxygens (including phenoxy) is 1. The molecule has 1 aliphatic heterocycles. The summed E-state index contributed by atoms with van der Waals surface area (Å²) in [7, 11) is 0. The van der Waals surface area contributed by atoms with Gasteiger partial charge in [-0.3, -0.25) is 0 Å². The van der Waals surface area contributed by atoms with E-state index in [1.165, 1.54) is 12.8 Å². The zero-order valence-corrected chi connectivity index (χ0v) is 14.6. The maximum absolute atomic E-state index is 12.2. The zero-order valence-electron chi connectivity index (χ0n) is 14.6. The molecule has 0 radical (unpaired) electrons. The molecule has 5 heteroatoms. The van der Waals surface area contributed by atoms with Gasteiger partial charge >= 0.3 is 6.09 Å². The molecule has 1 saturated heterocycles. The van der Waals surface area contributed by atoms with Gasteiger partial charge in [0.15, 0.2) is 0 Å².